The standard InChI is InChI=1S/C19H21BrN2O4S/c1-13-5-10-16(26-2)12-18(13)27(24,25)22-11-3-4-17(22)19(23)21-15-8-6-14(20)7-9-15/h5-10,12,17H,3-4,11H2,1-2H3,(H,21,23)/t17-/m0/s1. The number of nitrogens with one attached hydrogen (secondary N) is 1. The van der Waals surface area contributed by atoms with Gasteiger partial charge < -0.3 is 10.1 Å². The van der Waals surface area contributed by atoms with Crippen LogP contribution in [-0.4, -0.2) is 38.3 Å². The average molecular weight is 453 g/mol. The van der Waals surface area contributed by atoms with Gasteiger partial charge in [0.2, 0.25) is 15.9 Å². The molecule has 1 saturated heterocycles. The van der Waals surface area contributed by atoms with Gasteiger partial charge in [-0.1, -0.05) is 22.0 Å². The molecule has 0 radical (unpaired) electrons. The van der Waals surface area contributed by atoms with Crippen LogP contribution < -0.4 is 10.1 Å². The molecule has 1 heterocycles. The first kappa shape index (κ1) is 19.9. The largest absolute Gasteiger partial charge is 0.497 e. The number of amides is 1. The van der Waals surface area contributed by atoms with Crippen molar-refractivity contribution in [2.24, 2.45) is 0 Å². The number of carbonyl (C=O) groups is 1. The molecule has 1 atom stereocenters. The SMILES string of the molecule is COc1ccc(C)c(S(=O)(=O)N2CCC[C@H]2C(=O)Nc2ccc(Br)cc2)c1. The van der Waals surface area contributed by atoms with Crippen LogP contribution in [0.2, 0.25) is 0 Å². The molecule has 1 N–H and O–H groups in total. The number of nitrogens with zero attached hydrogens (tertiary/aromatic N) is 1. The molecule has 8 heteroatoms. The molecule has 0 saturated carbocycles. The minimum atomic E-state index is -3.81. The third-order valence-electron chi connectivity index (χ3n) is 4.60. The second-order valence-corrected chi connectivity index (χ2v) is 9.18. The summed E-state index contributed by atoms with van der Waals surface area (Å²) in [6, 6.07) is 11.4. The van der Waals surface area contributed by atoms with Gasteiger partial charge in [0.05, 0.1) is 12.0 Å². The molecule has 0 unspecified atom stereocenters. The van der Waals surface area contributed by atoms with Crippen LogP contribution >= 0.6 is 15.9 Å². The zero-order valence-electron chi connectivity index (χ0n) is 15.1. The number of sulfonamides is 1. The van der Waals surface area contributed by atoms with Gasteiger partial charge in [0.15, 0.2) is 0 Å². The first-order chi connectivity index (χ1) is 12.8. The lowest BCUT2D eigenvalue weighted by molar-refractivity contribution is -0.119. The van der Waals surface area contributed by atoms with E-state index in [0.29, 0.717) is 36.4 Å². The van der Waals surface area contributed by atoms with E-state index in [1.165, 1.54) is 17.5 Å². The lowest BCUT2D eigenvalue weighted by atomic mass is 10.2. The van der Waals surface area contributed by atoms with Crippen LogP contribution in [0.25, 0.3) is 0 Å². The van der Waals surface area contributed by atoms with Gasteiger partial charge >= 0.3 is 0 Å². The number of halogens is 1. The number of benzene rings is 2. The molecule has 1 fully saturated rings. The van der Waals surface area contributed by atoms with E-state index < -0.39 is 16.1 Å². The maximum Gasteiger partial charge on any atom is 0.244 e. The number of anilines is 1. The molecule has 0 spiro atoms. The normalized spacial score (nSPS) is 17.7. The predicted octanol–water partition coefficient (Wildman–Crippen LogP) is 3.56. The Morgan fingerprint density at radius 1 is 1.22 bits per heavy atom. The lowest BCUT2D eigenvalue weighted by Gasteiger charge is -2.24. The highest BCUT2D eigenvalue weighted by Crippen LogP contribution is 2.30. The third kappa shape index (κ3) is 4.17. The highest BCUT2D eigenvalue weighted by molar-refractivity contribution is 9.10. The Hall–Kier alpha value is -1.90. The van der Waals surface area contributed by atoms with E-state index in [-0.39, 0.29) is 10.8 Å². The Morgan fingerprint density at radius 3 is 2.59 bits per heavy atom. The van der Waals surface area contributed by atoms with Crippen LogP contribution in [0.5, 0.6) is 5.75 Å². The van der Waals surface area contributed by atoms with Gasteiger partial charge in [0.25, 0.3) is 0 Å². The van der Waals surface area contributed by atoms with Crippen LogP contribution in [0, 0.1) is 6.92 Å². The predicted molar refractivity (Wildman–Crippen MR) is 107 cm³/mol. The average Bonchev–Trinajstić information content (AvgIpc) is 3.15. The summed E-state index contributed by atoms with van der Waals surface area (Å²) in [6.45, 7) is 2.05. The number of aryl methyl sites for hydroxylation is 1. The van der Waals surface area contributed by atoms with Gasteiger partial charge in [-0.3, -0.25) is 4.79 Å². The van der Waals surface area contributed by atoms with Crippen LogP contribution in [-0.2, 0) is 14.8 Å². The van der Waals surface area contributed by atoms with Gasteiger partial charge in [-0.15, -0.1) is 0 Å². The zero-order chi connectivity index (χ0) is 19.6. The van der Waals surface area contributed by atoms with E-state index in [2.05, 4.69) is 21.2 Å². The van der Waals surface area contributed by atoms with E-state index in [1.54, 1.807) is 31.2 Å². The molecule has 0 aliphatic carbocycles. The fourth-order valence-corrected chi connectivity index (χ4v) is 5.32. The van der Waals surface area contributed by atoms with Crippen molar-refractivity contribution < 1.29 is 17.9 Å². The fourth-order valence-electron chi connectivity index (χ4n) is 3.16. The quantitative estimate of drug-likeness (QED) is 0.752. The van der Waals surface area contributed by atoms with Crippen molar-refractivity contribution in [1.29, 1.82) is 0 Å². The van der Waals surface area contributed by atoms with Gasteiger partial charge in [0.1, 0.15) is 11.8 Å². The molecule has 27 heavy (non-hydrogen) atoms. The van der Waals surface area contributed by atoms with Crippen LogP contribution in [0.3, 0.4) is 0 Å². The molecule has 1 aliphatic heterocycles. The number of methoxy groups -OCH3 is 1. The summed E-state index contributed by atoms with van der Waals surface area (Å²) >= 11 is 3.35. The molecule has 6 nitrogen and oxygen atoms in total. The second kappa shape index (κ2) is 8.00. The summed E-state index contributed by atoms with van der Waals surface area (Å²) in [5.74, 6) is 0.146. The minimum Gasteiger partial charge on any atom is -0.497 e. The van der Waals surface area contributed by atoms with Crippen molar-refractivity contribution in [2.75, 3.05) is 19.0 Å². The van der Waals surface area contributed by atoms with E-state index >= 15 is 0 Å². The molecular weight excluding hydrogens is 432 g/mol. The Bertz CT molecular complexity index is 945. The molecule has 0 bridgehead atoms. The van der Waals surface area contributed by atoms with E-state index in [0.717, 1.165) is 4.47 Å². The molecule has 1 aliphatic rings. The Labute approximate surface area is 167 Å². The Morgan fingerprint density at radius 2 is 1.93 bits per heavy atom. The van der Waals surface area contributed by atoms with Crippen LogP contribution in [0.15, 0.2) is 51.8 Å². The van der Waals surface area contributed by atoms with Crippen molar-refractivity contribution in [3.05, 3.63) is 52.5 Å². The van der Waals surface area contributed by atoms with E-state index in [9.17, 15) is 13.2 Å². The van der Waals surface area contributed by atoms with Crippen molar-refractivity contribution >= 4 is 37.5 Å². The van der Waals surface area contributed by atoms with Crippen molar-refractivity contribution in [3.63, 3.8) is 0 Å². The van der Waals surface area contributed by atoms with E-state index in [4.69, 9.17) is 4.74 Å². The van der Waals surface area contributed by atoms with Crippen molar-refractivity contribution in [3.8, 4) is 5.75 Å². The summed E-state index contributed by atoms with van der Waals surface area (Å²) in [6.07, 6.45) is 1.13. The second-order valence-electron chi connectivity index (χ2n) is 6.40. The lowest BCUT2D eigenvalue weighted by Crippen LogP contribution is -2.43. The van der Waals surface area contributed by atoms with Crippen LogP contribution in [0.4, 0.5) is 5.69 Å². The first-order valence-corrected chi connectivity index (χ1v) is 10.8. The summed E-state index contributed by atoms with van der Waals surface area (Å²) < 4.78 is 33.8. The third-order valence-corrected chi connectivity index (χ3v) is 7.18. The van der Waals surface area contributed by atoms with Crippen molar-refractivity contribution in [1.82, 2.24) is 4.31 Å². The highest BCUT2D eigenvalue weighted by Gasteiger charge is 2.40. The Balaban J connectivity index is 1.86. The molecule has 1 amide bonds. The topological polar surface area (TPSA) is 75.7 Å². The molecule has 144 valence electrons. The van der Waals surface area contributed by atoms with Crippen molar-refractivity contribution in [2.45, 2.75) is 30.7 Å². The molecule has 0 aromatic heterocycles. The maximum absolute atomic E-state index is 13.2. The molecular formula is C19H21BrN2O4S. The maximum atomic E-state index is 13.2. The van der Waals surface area contributed by atoms with Crippen LogP contribution in [0.1, 0.15) is 18.4 Å². The minimum absolute atomic E-state index is 0.171. The zero-order valence-corrected chi connectivity index (χ0v) is 17.5. The number of rotatable bonds is 5. The number of ether oxygens (including phenoxy) is 1. The number of hydrogen-bond donors (Lipinski definition) is 1. The summed E-state index contributed by atoms with van der Waals surface area (Å²) in [5.41, 5.74) is 1.25. The van der Waals surface area contributed by atoms with Gasteiger partial charge in [-0.05, 0) is 55.7 Å². The molecule has 2 aromatic carbocycles. The summed E-state index contributed by atoms with van der Waals surface area (Å²) in [4.78, 5) is 12.9. The summed E-state index contributed by atoms with van der Waals surface area (Å²) in [5, 5.41) is 2.81. The number of hydrogen-bond acceptors (Lipinski definition) is 4. The van der Waals surface area contributed by atoms with Gasteiger partial charge in [0, 0.05) is 22.8 Å². The number of carbonyl (C=O) groups excluding carboxylic acids is 1. The summed E-state index contributed by atoms with van der Waals surface area (Å²) in [7, 11) is -2.32. The smallest absolute Gasteiger partial charge is 0.244 e. The van der Waals surface area contributed by atoms with Gasteiger partial charge in [-0.2, -0.15) is 4.31 Å². The highest BCUT2D eigenvalue weighted by atomic mass is 79.9. The van der Waals surface area contributed by atoms with Gasteiger partial charge in [-0.25, -0.2) is 8.42 Å². The fraction of sp³-hybridized carbons (Fsp3) is 0.316. The molecule has 2 aromatic rings. The Kier molecular flexibility index (Phi) is 5.88. The monoisotopic (exact) mass is 452 g/mol. The molecule has 3 rings (SSSR count). The first-order valence-electron chi connectivity index (χ1n) is 8.56. The van der Waals surface area contributed by atoms with E-state index in [1.807, 2.05) is 12.1 Å².